The molecule has 2 N–H and O–H groups in total. The smallest absolute Gasteiger partial charge is 0.455 e. The number of hydrogen-bond donors (Lipinski definition) is 2. The Morgan fingerprint density at radius 3 is 2.68 bits per heavy atom. The van der Waals surface area contributed by atoms with E-state index in [0.29, 0.717) is 37.7 Å². The van der Waals surface area contributed by atoms with Gasteiger partial charge in [0, 0.05) is 16.6 Å². The number of likely N-dealkylation sites (tertiary alicyclic amines) is 1. The Labute approximate surface area is 244 Å². The molecule has 0 spiro atoms. The molecule has 9 heteroatoms. The lowest BCUT2D eigenvalue weighted by molar-refractivity contribution is -0.140. The Hall–Kier alpha value is -3.53. The topological polar surface area (TPSA) is 100.0 Å². The molecule has 2 amide bonds. The van der Waals surface area contributed by atoms with Crippen molar-refractivity contribution >= 4 is 41.9 Å². The number of phenolic OH excluding ortho intramolecular Hbond substituents is 1. The molecule has 4 atom stereocenters. The summed E-state index contributed by atoms with van der Waals surface area (Å²) in [7, 11) is -1.01. The van der Waals surface area contributed by atoms with Gasteiger partial charge in [-0.1, -0.05) is 42.8 Å². The number of rotatable bonds is 8. The van der Waals surface area contributed by atoms with Crippen molar-refractivity contribution in [2.75, 3.05) is 0 Å². The molecule has 0 radical (unpaired) electrons. The zero-order valence-electron chi connectivity index (χ0n) is 23.0. The second-order valence-corrected chi connectivity index (χ2v) is 12.0. The summed E-state index contributed by atoms with van der Waals surface area (Å²) in [6, 6.07) is 16.8. The lowest BCUT2D eigenvalue weighted by Crippen LogP contribution is -2.46. The van der Waals surface area contributed by atoms with Gasteiger partial charge in [-0.3, -0.25) is 19.5 Å². The molecule has 3 aliphatic rings. The third kappa shape index (κ3) is 5.42. The van der Waals surface area contributed by atoms with Gasteiger partial charge in [-0.15, -0.1) is 11.3 Å². The van der Waals surface area contributed by atoms with E-state index in [0.717, 1.165) is 33.7 Å². The minimum absolute atomic E-state index is 0.0982. The first kappa shape index (κ1) is 27.6. The Morgan fingerprint density at radius 1 is 1.12 bits per heavy atom. The molecule has 41 heavy (non-hydrogen) atoms. The second-order valence-electron chi connectivity index (χ2n) is 11.0. The SMILES string of the molecule is CCC1=C2[C@@H](CC/C(=C/c3ccccc3O)c3ccccn3)OB(O)C[C@@H]2[C@@H]2C(=O)N(Cc3cccs3)C(=O)[C@@H]2C1. The molecule has 4 heterocycles. The predicted octanol–water partition coefficient (Wildman–Crippen LogP) is 5.58. The van der Waals surface area contributed by atoms with Gasteiger partial charge in [0.15, 0.2) is 0 Å². The van der Waals surface area contributed by atoms with Crippen LogP contribution in [0.3, 0.4) is 0 Å². The summed E-state index contributed by atoms with van der Waals surface area (Å²) in [5, 5.41) is 23.2. The number of thiophene rings is 1. The Morgan fingerprint density at radius 2 is 1.95 bits per heavy atom. The fourth-order valence-corrected chi connectivity index (χ4v) is 7.49. The first-order valence-corrected chi connectivity index (χ1v) is 15.2. The summed E-state index contributed by atoms with van der Waals surface area (Å²) < 4.78 is 6.16. The first-order valence-electron chi connectivity index (χ1n) is 14.3. The molecule has 2 saturated heterocycles. The number of nitrogens with zero attached hydrogens (tertiary/aromatic N) is 2. The molecule has 6 rings (SSSR count). The number of hydrogen-bond acceptors (Lipinski definition) is 7. The number of benzene rings is 1. The summed E-state index contributed by atoms with van der Waals surface area (Å²) in [5.74, 6) is -1.13. The van der Waals surface area contributed by atoms with Gasteiger partial charge in [0.25, 0.3) is 0 Å². The number of para-hydroxylation sites is 1. The van der Waals surface area contributed by atoms with Crippen LogP contribution in [0.25, 0.3) is 11.6 Å². The third-order valence-electron chi connectivity index (χ3n) is 8.66. The molecule has 0 unspecified atom stereocenters. The van der Waals surface area contributed by atoms with Crippen molar-refractivity contribution in [3.05, 3.63) is 93.5 Å². The van der Waals surface area contributed by atoms with E-state index in [4.69, 9.17) is 4.65 Å². The van der Waals surface area contributed by atoms with Gasteiger partial charge in [0.2, 0.25) is 11.8 Å². The number of carbonyl (C=O) groups is 2. The van der Waals surface area contributed by atoms with Crippen molar-refractivity contribution in [2.24, 2.45) is 17.8 Å². The van der Waals surface area contributed by atoms with Crippen LogP contribution in [-0.4, -0.2) is 45.1 Å². The Balaban J connectivity index is 1.29. The van der Waals surface area contributed by atoms with Crippen molar-refractivity contribution in [1.82, 2.24) is 9.88 Å². The molecule has 3 aromatic rings. The molecule has 1 aromatic carbocycles. The van der Waals surface area contributed by atoms with E-state index in [9.17, 15) is 19.7 Å². The normalized spacial score (nSPS) is 24.6. The highest BCUT2D eigenvalue weighted by atomic mass is 32.1. The largest absolute Gasteiger partial charge is 0.507 e. The fraction of sp³-hybridized carbons (Fsp3) is 0.344. The number of aromatic nitrogens is 1. The van der Waals surface area contributed by atoms with Crippen LogP contribution in [0, 0.1) is 17.8 Å². The maximum atomic E-state index is 13.7. The maximum Gasteiger partial charge on any atom is 0.455 e. The molecular formula is C32H33BN2O5S. The monoisotopic (exact) mass is 568 g/mol. The minimum Gasteiger partial charge on any atom is -0.507 e. The highest BCUT2D eigenvalue weighted by Gasteiger charge is 2.57. The highest BCUT2D eigenvalue weighted by molar-refractivity contribution is 7.09. The van der Waals surface area contributed by atoms with Crippen LogP contribution < -0.4 is 0 Å². The molecule has 1 aliphatic carbocycles. The number of amides is 2. The van der Waals surface area contributed by atoms with Crippen LogP contribution in [0.5, 0.6) is 5.75 Å². The molecule has 2 aromatic heterocycles. The van der Waals surface area contributed by atoms with Gasteiger partial charge in [-0.2, -0.15) is 0 Å². The number of aromatic hydroxyl groups is 1. The van der Waals surface area contributed by atoms with E-state index in [-0.39, 0.29) is 35.5 Å². The predicted molar refractivity (Wildman–Crippen MR) is 159 cm³/mol. The van der Waals surface area contributed by atoms with Crippen molar-refractivity contribution < 1.29 is 24.4 Å². The van der Waals surface area contributed by atoms with E-state index < -0.39 is 13.0 Å². The number of pyridine rings is 1. The van der Waals surface area contributed by atoms with E-state index in [1.807, 2.05) is 53.9 Å². The second kappa shape index (κ2) is 11.8. The minimum atomic E-state index is -1.01. The van der Waals surface area contributed by atoms with Gasteiger partial charge >= 0.3 is 7.12 Å². The average Bonchev–Trinajstić information content (AvgIpc) is 3.58. The van der Waals surface area contributed by atoms with Gasteiger partial charge in [-0.05, 0) is 84.8 Å². The quantitative estimate of drug-likeness (QED) is 0.209. The number of carbonyl (C=O) groups excluding carboxylic acids is 2. The van der Waals surface area contributed by atoms with E-state index >= 15 is 0 Å². The van der Waals surface area contributed by atoms with Crippen molar-refractivity contribution in [1.29, 1.82) is 0 Å². The van der Waals surface area contributed by atoms with E-state index in [1.54, 1.807) is 29.7 Å². The van der Waals surface area contributed by atoms with Crippen LogP contribution in [0.4, 0.5) is 0 Å². The molecule has 2 aliphatic heterocycles. The van der Waals surface area contributed by atoms with Crippen LogP contribution in [0.1, 0.15) is 48.7 Å². The molecule has 0 bridgehead atoms. The van der Waals surface area contributed by atoms with Crippen LogP contribution in [0.15, 0.2) is 77.3 Å². The molecule has 210 valence electrons. The number of imide groups is 1. The van der Waals surface area contributed by atoms with Crippen molar-refractivity contribution in [3.8, 4) is 5.75 Å². The van der Waals surface area contributed by atoms with Crippen LogP contribution in [-0.2, 0) is 20.8 Å². The van der Waals surface area contributed by atoms with Crippen molar-refractivity contribution in [2.45, 2.75) is 51.6 Å². The van der Waals surface area contributed by atoms with E-state index in [2.05, 4.69) is 11.9 Å². The highest BCUT2D eigenvalue weighted by Crippen LogP contribution is 2.51. The van der Waals surface area contributed by atoms with Gasteiger partial charge in [-0.25, -0.2) is 0 Å². The molecule has 7 nitrogen and oxygen atoms in total. The number of phenols is 1. The van der Waals surface area contributed by atoms with Crippen molar-refractivity contribution in [3.63, 3.8) is 0 Å². The number of allylic oxidation sites excluding steroid dienone is 2. The zero-order chi connectivity index (χ0) is 28.5. The fourth-order valence-electron chi connectivity index (χ4n) is 6.79. The Bertz CT molecular complexity index is 1490. The lowest BCUT2D eigenvalue weighted by Gasteiger charge is -2.43. The zero-order valence-corrected chi connectivity index (χ0v) is 23.8. The summed E-state index contributed by atoms with van der Waals surface area (Å²) >= 11 is 1.54. The van der Waals surface area contributed by atoms with Gasteiger partial charge < -0.3 is 14.8 Å². The average molecular weight is 569 g/mol. The maximum absolute atomic E-state index is 13.7. The summed E-state index contributed by atoms with van der Waals surface area (Å²) in [4.78, 5) is 34.2. The standard InChI is InChI=1S/C32H33BN2O5S/c1-2-20-17-24-30(32(38)35(31(24)37)19-23-9-7-15-41-23)25-18-33(39)40-28(29(20)25)13-12-21(26-10-5-6-14-34-26)16-22-8-3-4-11-27(22)36/h3-11,14-16,24-25,28,30,36,39H,2,12-13,17-19H2,1H3/b21-16-/t24-,25+,28-,30-/m1/s1. The summed E-state index contributed by atoms with van der Waals surface area (Å²) in [6.45, 7) is 2.39. The molecule has 0 saturated carbocycles. The van der Waals surface area contributed by atoms with Crippen LogP contribution >= 0.6 is 11.3 Å². The first-order chi connectivity index (χ1) is 19.9. The van der Waals surface area contributed by atoms with E-state index in [1.165, 1.54) is 4.90 Å². The number of fused-ring (bicyclic) bond motifs is 3. The van der Waals surface area contributed by atoms with Gasteiger partial charge in [0.1, 0.15) is 5.75 Å². The summed E-state index contributed by atoms with van der Waals surface area (Å²) in [6.07, 6.45) is 6.08. The third-order valence-corrected chi connectivity index (χ3v) is 9.52. The van der Waals surface area contributed by atoms with Gasteiger partial charge in [0.05, 0.1) is 30.2 Å². The Kier molecular flexibility index (Phi) is 7.93. The molecule has 2 fully saturated rings. The summed E-state index contributed by atoms with van der Waals surface area (Å²) in [5.41, 5.74) is 4.69. The molecular weight excluding hydrogens is 535 g/mol. The lowest BCUT2D eigenvalue weighted by atomic mass is 9.58. The van der Waals surface area contributed by atoms with Crippen LogP contribution in [0.2, 0.25) is 6.32 Å².